The van der Waals surface area contributed by atoms with E-state index in [1.807, 2.05) is 23.1 Å². The van der Waals surface area contributed by atoms with Gasteiger partial charge in [0, 0.05) is 26.1 Å². The van der Waals surface area contributed by atoms with E-state index in [2.05, 4.69) is 6.07 Å². The predicted octanol–water partition coefficient (Wildman–Crippen LogP) is 0.277. The van der Waals surface area contributed by atoms with Gasteiger partial charge in [-0.15, -0.1) is 0 Å². The first kappa shape index (κ1) is 12.4. The number of aliphatic hydroxyl groups is 2. The highest BCUT2D eigenvalue weighted by atomic mass is 16.5. The van der Waals surface area contributed by atoms with Crippen LogP contribution in [-0.2, 0) is 6.42 Å². The molecule has 0 aromatic heterocycles. The Bertz CT molecular complexity index is 325. The van der Waals surface area contributed by atoms with Crippen molar-refractivity contribution in [3.63, 3.8) is 0 Å². The molecule has 1 unspecified atom stereocenters. The Labute approximate surface area is 101 Å². The molecule has 0 spiro atoms. The van der Waals surface area contributed by atoms with E-state index in [1.165, 1.54) is 5.56 Å². The maximum atomic E-state index is 8.95. The molecule has 1 atom stereocenters. The van der Waals surface area contributed by atoms with Crippen molar-refractivity contribution in [1.82, 2.24) is 4.90 Å². The molecule has 1 aliphatic heterocycles. The molecule has 1 aromatic carbocycles. The molecule has 1 aromatic rings. The van der Waals surface area contributed by atoms with E-state index in [9.17, 15) is 0 Å². The molecular weight excluding hydrogens is 218 g/mol. The largest absolute Gasteiger partial charge is 0.488 e. The van der Waals surface area contributed by atoms with Gasteiger partial charge < -0.3 is 14.9 Å². The van der Waals surface area contributed by atoms with Crippen molar-refractivity contribution < 1.29 is 14.9 Å². The van der Waals surface area contributed by atoms with Crippen molar-refractivity contribution in [2.24, 2.45) is 0 Å². The van der Waals surface area contributed by atoms with Crippen molar-refractivity contribution >= 4 is 0 Å². The molecule has 1 heterocycles. The summed E-state index contributed by atoms with van der Waals surface area (Å²) in [5.41, 5.74) is 1.24. The molecule has 0 amide bonds. The molecule has 0 aliphatic carbocycles. The van der Waals surface area contributed by atoms with Crippen LogP contribution in [0.2, 0.25) is 0 Å². The fraction of sp³-hybridized carbons (Fsp3) is 0.538. The first-order valence-corrected chi connectivity index (χ1v) is 6.02. The number of rotatable bonds is 6. The molecule has 0 bridgehead atoms. The number of benzene rings is 1. The second kappa shape index (κ2) is 6.00. The van der Waals surface area contributed by atoms with Gasteiger partial charge in [0.2, 0.25) is 0 Å². The van der Waals surface area contributed by atoms with E-state index in [-0.39, 0.29) is 19.3 Å². The molecule has 0 fully saturated rings. The monoisotopic (exact) mass is 237 g/mol. The smallest absolute Gasteiger partial charge is 0.123 e. The summed E-state index contributed by atoms with van der Waals surface area (Å²) in [6.45, 7) is 2.13. The fourth-order valence-corrected chi connectivity index (χ4v) is 2.22. The topological polar surface area (TPSA) is 52.9 Å². The van der Waals surface area contributed by atoms with Crippen LogP contribution in [-0.4, -0.2) is 54.1 Å². The molecular formula is C13H19NO3. The molecule has 0 saturated heterocycles. The minimum absolute atomic E-state index is 0.111. The first-order valence-electron chi connectivity index (χ1n) is 6.02. The van der Waals surface area contributed by atoms with Gasteiger partial charge in [-0.1, -0.05) is 18.2 Å². The summed E-state index contributed by atoms with van der Waals surface area (Å²) >= 11 is 0. The standard InChI is InChI=1S/C13H19NO3/c15-7-5-14(6-8-16)10-12-9-11-3-1-2-4-13(11)17-12/h1-4,12,15-16H,5-10H2. The molecule has 0 saturated carbocycles. The molecule has 17 heavy (non-hydrogen) atoms. The Kier molecular flexibility index (Phi) is 4.36. The zero-order valence-corrected chi connectivity index (χ0v) is 9.88. The normalized spacial score (nSPS) is 18.2. The molecule has 94 valence electrons. The number of hydrogen-bond acceptors (Lipinski definition) is 4. The average molecular weight is 237 g/mol. The highest BCUT2D eigenvalue weighted by molar-refractivity contribution is 5.37. The van der Waals surface area contributed by atoms with Crippen LogP contribution in [0.1, 0.15) is 5.56 Å². The summed E-state index contributed by atoms with van der Waals surface area (Å²) in [7, 11) is 0. The summed E-state index contributed by atoms with van der Waals surface area (Å²) in [5.74, 6) is 0.963. The summed E-state index contributed by atoms with van der Waals surface area (Å²) in [6, 6.07) is 8.06. The predicted molar refractivity (Wildman–Crippen MR) is 65.2 cm³/mol. The van der Waals surface area contributed by atoms with Crippen LogP contribution in [0.3, 0.4) is 0 Å². The van der Waals surface area contributed by atoms with Crippen LogP contribution >= 0.6 is 0 Å². The van der Waals surface area contributed by atoms with E-state index in [4.69, 9.17) is 14.9 Å². The van der Waals surface area contributed by atoms with Gasteiger partial charge in [0.1, 0.15) is 11.9 Å². The number of para-hydroxylation sites is 1. The zero-order chi connectivity index (χ0) is 12.1. The van der Waals surface area contributed by atoms with Crippen LogP contribution in [0.15, 0.2) is 24.3 Å². The third kappa shape index (κ3) is 3.19. The van der Waals surface area contributed by atoms with Gasteiger partial charge in [0.05, 0.1) is 13.2 Å². The van der Waals surface area contributed by atoms with Gasteiger partial charge in [-0.05, 0) is 11.6 Å². The van der Waals surface area contributed by atoms with Crippen molar-refractivity contribution in [3.8, 4) is 5.75 Å². The van der Waals surface area contributed by atoms with Gasteiger partial charge in [0.25, 0.3) is 0 Å². The molecule has 4 heteroatoms. The van der Waals surface area contributed by atoms with Crippen LogP contribution in [0.4, 0.5) is 0 Å². The lowest BCUT2D eigenvalue weighted by Crippen LogP contribution is -2.38. The Morgan fingerprint density at radius 2 is 1.88 bits per heavy atom. The second-order valence-electron chi connectivity index (χ2n) is 4.30. The molecule has 2 N–H and O–H groups in total. The fourth-order valence-electron chi connectivity index (χ4n) is 2.22. The summed E-state index contributed by atoms with van der Waals surface area (Å²) in [6.07, 6.45) is 1.04. The minimum atomic E-state index is 0.111. The Hall–Kier alpha value is -1.10. The maximum absolute atomic E-state index is 8.95. The van der Waals surface area contributed by atoms with Gasteiger partial charge in [0.15, 0.2) is 0 Å². The van der Waals surface area contributed by atoms with E-state index in [0.717, 1.165) is 18.7 Å². The molecule has 4 nitrogen and oxygen atoms in total. The third-order valence-electron chi connectivity index (χ3n) is 3.01. The van der Waals surface area contributed by atoms with Crippen molar-refractivity contribution in [2.45, 2.75) is 12.5 Å². The van der Waals surface area contributed by atoms with Crippen LogP contribution in [0.25, 0.3) is 0 Å². The Morgan fingerprint density at radius 1 is 1.18 bits per heavy atom. The lowest BCUT2D eigenvalue weighted by atomic mass is 10.1. The molecule has 2 rings (SSSR count). The van der Waals surface area contributed by atoms with Gasteiger partial charge >= 0.3 is 0 Å². The second-order valence-corrected chi connectivity index (χ2v) is 4.30. The van der Waals surface area contributed by atoms with Crippen molar-refractivity contribution in [3.05, 3.63) is 29.8 Å². The number of aliphatic hydroxyl groups excluding tert-OH is 2. The van der Waals surface area contributed by atoms with Crippen molar-refractivity contribution in [1.29, 1.82) is 0 Å². The lowest BCUT2D eigenvalue weighted by Gasteiger charge is -2.23. The van der Waals surface area contributed by atoms with Gasteiger partial charge in [-0.3, -0.25) is 4.90 Å². The number of fused-ring (bicyclic) bond motifs is 1. The number of ether oxygens (including phenoxy) is 1. The van der Waals surface area contributed by atoms with Crippen molar-refractivity contribution in [2.75, 3.05) is 32.8 Å². The summed E-state index contributed by atoms with van der Waals surface area (Å²) in [5, 5.41) is 17.9. The number of hydrogen-bond donors (Lipinski definition) is 2. The van der Waals surface area contributed by atoms with E-state index < -0.39 is 0 Å². The zero-order valence-electron chi connectivity index (χ0n) is 9.88. The van der Waals surface area contributed by atoms with Gasteiger partial charge in [-0.2, -0.15) is 0 Å². The SMILES string of the molecule is OCCN(CCO)CC1Cc2ccccc2O1. The summed E-state index contributed by atoms with van der Waals surface area (Å²) < 4.78 is 5.83. The van der Waals surface area contributed by atoms with E-state index in [1.54, 1.807) is 0 Å². The van der Waals surface area contributed by atoms with Gasteiger partial charge in [-0.25, -0.2) is 0 Å². The van der Waals surface area contributed by atoms with Crippen LogP contribution in [0, 0.1) is 0 Å². The number of nitrogens with zero attached hydrogens (tertiary/aromatic N) is 1. The summed E-state index contributed by atoms with van der Waals surface area (Å²) in [4.78, 5) is 2.02. The lowest BCUT2D eigenvalue weighted by molar-refractivity contribution is 0.111. The van der Waals surface area contributed by atoms with Crippen LogP contribution < -0.4 is 4.74 Å². The maximum Gasteiger partial charge on any atom is 0.123 e. The third-order valence-corrected chi connectivity index (χ3v) is 3.01. The molecule has 0 radical (unpaired) electrons. The average Bonchev–Trinajstić information content (AvgIpc) is 2.71. The minimum Gasteiger partial charge on any atom is -0.488 e. The van der Waals surface area contributed by atoms with E-state index in [0.29, 0.717) is 13.1 Å². The quantitative estimate of drug-likeness (QED) is 0.746. The first-order chi connectivity index (χ1) is 8.33. The molecule has 1 aliphatic rings. The van der Waals surface area contributed by atoms with E-state index >= 15 is 0 Å². The van der Waals surface area contributed by atoms with Crippen LogP contribution in [0.5, 0.6) is 5.75 Å². The highest BCUT2D eigenvalue weighted by Crippen LogP contribution is 2.28. The Morgan fingerprint density at radius 3 is 2.53 bits per heavy atom. The highest BCUT2D eigenvalue weighted by Gasteiger charge is 2.24. The Balaban J connectivity index is 1.89.